The highest BCUT2D eigenvalue weighted by Crippen LogP contribution is 2.15. The van der Waals surface area contributed by atoms with Crippen LogP contribution >= 0.6 is 11.3 Å². The molecular weight excluding hydrogens is 198 g/mol. The molecule has 0 fully saturated rings. The molecule has 1 aromatic rings. The highest BCUT2D eigenvalue weighted by atomic mass is 32.1. The molecule has 1 rings (SSSR count). The summed E-state index contributed by atoms with van der Waals surface area (Å²) in [5.41, 5.74) is -0.455. The summed E-state index contributed by atoms with van der Waals surface area (Å²) in [6.07, 6.45) is 0.667. The van der Waals surface area contributed by atoms with Crippen LogP contribution in [0.15, 0.2) is 5.38 Å². The van der Waals surface area contributed by atoms with Crippen LogP contribution in [-0.2, 0) is 11.2 Å². The van der Waals surface area contributed by atoms with E-state index in [0.29, 0.717) is 6.42 Å². The standard InChI is InChI=1S/C10H15NO2S/c1-4-10(3,13)9(12)5-8-6-14-7(2)11-8/h6,13H,4-5H2,1-3H3. The lowest BCUT2D eigenvalue weighted by Crippen LogP contribution is -2.35. The van der Waals surface area contributed by atoms with Crippen LogP contribution in [0.5, 0.6) is 0 Å². The molecule has 0 bridgehead atoms. The van der Waals surface area contributed by atoms with Crippen LogP contribution in [0, 0.1) is 6.92 Å². The van der Waals surface area contributed by atoms with Crippen LogP contribution in [0.2, 0.25) is 0 Å². The fourth-order valence-electron chi connectivity index (χ4n) is 1.04. The van der Waals surface area contributed by atoms with Gasteiger partial charge in [-0.25, -0.2) is 4.98 Å². The van der Waals surface area contributed by atoms with Crippen LogP contribution < -0.4 is 0 Å². The van der Waals surface area contributed by atoms with E-state index < -0.39 is 5.60 Å². The van der Waals surface area contributed by atoms with Crippen molar-refractivity contribution in [2.45, 2.75) is 39.2 Å². The maximum Gasteiger partial charge on any atom is 0.169 e. The van der Waals surface area contributed by atoms with Gasteiger partial charge in [0.1, 0.15) is 5.60 Å². The van der Waals surface area contributed by atoms with Gasteiger partial charge in [0.05, 0.1) is 17.1 Å². The molecule has 1 heterocycles. The predicted octanol–water partition coefficient (Wildman–Crippen LogP) is 1.72. The minimum atomic E-state index is -1.21. The van der Waals surface area contributed by atoms with Crippen LogP contribution in [0.1, 0.15) is 31.0 Å². The van der Waals surface area contributed by atoms with Crippen molar-refractivity contribution in [3.8, 4) is 0 Å². The molecule has 78 valence electrons. The lowest BCUT2D eigenvalue weighted by molar-refractivity contribution is -0.135. The first-order valence-corrected chi connectivity index (χ1v) is 5.50. The number of ketones is 1. The van der Waals surface area contributed by atoms with Crippen LogP contribution in [0.25, 0.3) is 0 Å². The van der Waals surface area contributed by atoms with E-state index in [2.05, 4.69) is 4.98 Å². The molecule has 14 heavy (non-hydrogen) atoms. The Labute approximate surface area is 87.8 Å². The fraction of sp³-hybridized carbons (Fsp3) is 0.600. The molecule has 0 radical (unpaired) electrons. The quantitative estimate of drug-likeness (QED) is 0.828. The Hall–Kier alpha value is -0.740. The van der Waals surface area contributed by atoms with Gasteiger partial charge < -0.3 is 5.11 Å². The summed E-state index contributed by atoms with van der Waals surface area (Å²) in [6, 6.07) is 0. The van der Waals surface area contributed by atoms with Gasteiger partial charge in [-0.15, -0.1) is 11.3 Å². The molecule has 1 aromatic heterocycles. The predicted molar refractivity (Wildman–Crippen MR) is 56.5 cm³/mol. The monoisotopic (exact) mass is 213 g/mol. The third-order valence-electron chi connectivity index (χ3n) is 2.30. The first-order valence-electron chi connectivity index (χ1n) is 4.62. The molecule has 0 amide bonds. The maximum atomic E-state index is 11.6. The molecule has 0 spiro atoms. The average molecular weight is 213 g/mol. The van der Waals surface area contributed by atoms with Gasteiger partial charge in [0, 0.05) is 5.38 Å². The van der Waals surface area contributed by atoms with E-state index >= 15 is 0 Å². The molecule has 1 unspecified atom stereocenters. The van der Waals surface area contributed by atoms with Crippen molar-refractivity contribution in [1.82, 2.24) is 4.98 Å². The molecule has 3 nitrogen and oxygen atoms in total. The number of carbonyl (C=O) groups is 1. The Balaban J connectivity index is 2.66. The van der Waals surface area contributed by atoms with E-state index in [1.165, 1.54) is 11.3 Å². The number of aliphatic hydroxyl groups is 1. The van der Waals surface area contributed by atoms with Crippen molar-refractivity contribution >= 4 is 17.1 Å². The highest BCUT2D eigenvalue weighted by Gasteiger charge is 2.27. The van der Waals surface area contributed by atoms with Crippen molar-refractivity contribution < 1.29 is 9.90 Å². The average Bonchev–Trinajstić information content (AvgIpc) is 2.51. The van der Waals surface area contributed by atoms with Crippen molar-refractivity contribution in [2.75, 3.05) is 0 Å². The Morgan fingerprint density at radius 1 is 1.71 bits per heavy atom. The summed E-state index contributed by atoms with van der Waals surface area (Å²) in [5.74, 6) is -0.162. The first kappa shape index (κ1) is 11.3. The number of hydrogen-bond acceptors (Lipinski definition) is 4. The molecule has 0 saturated carbocycles. The van der Waals surface area contributed by atoms with Crippen LogP contribution in [-0.4, -0.2) is 21.5 Å². The summed E-state index contributed by atoms with van der Waals surface area (Å²) >= 11 is 1.52. The second-order valence-corrected chi connectivity index (χ2v) is 4.65. The SMILES string of the molecule is CCC(C)(O)C(=O)Cc1csc(C)n1. The Bertz CT molecular complexity index is 331. The highest BCUT2D eigenvalue weighted by molar-refractivity contribution is 7.09. The number of hydrogen-bond donors (Lipinski definition) is 1. The van der Waals surface area contributed by atoms with E-state index in [4.69, 9.17) is 0 Å². The van der Waals surface area contributed by atoms with Gasteiger partial charge in [-0.2, -0.15) is 0 Å². The molecule has 0 aromatic carbocycles. The Morgan fingerprint density at radius 3 is 2.79 bits per heavy atom. The van der Waals surface area contributed by atoms with Gasteiger partial charge in [0.25, 0.3) is 0 Å². The number of aromatic nitrogens is 1. The number of rotatable bonds is 4. The number of Topliss-reactive ketones (excluding diaryl/α,β-unsaturated/α-hetero) is 1. The summed E-state index contributed by atoms with van der Waals surface area (Å²) in [6.45, 7) is 5.25. The molecule has 0 saturated heterocycles. The molecule has 0 aliphatic carbocycles. The van der Waals surface area contributed by atoms with Gasteiger partial charge in [-0.3, -0.25) is 4.79 Å². The number of thiazole rings is 1. The normalized spacial score (nSPS) is 15.1. The Kier molecular flexibility index (Phi) is 3.39. The zero-order valence-electron chi connectivity index (χ0n) is 8.70. The number of carbonyl (C=O) groups excluding carboxylic acids is 1. The van der Waals surface area contributed by atoms with E-state index in [9.17, 15) is 9.90 Å². The molecule has 4 heteroatoms. The molecule has 0 aliphatic rings. The van der Waals surface area contributed by atoms with E-state index in [1.54, 1.807) is 13.8 Å². The first-order chi connectivity index (χ1) is 6.45. The summed E-state index contributed by atoms with van der Waals surface area (Å²) in [5, 5.41) is 12.5. The molecular formula is C10H15NO2S. The minimum Gasteiger partial charge on any atom is -0.382 e. The second-order valence-electron chi connectivity index (χ2n) is 3.59. The summed E-state index contributed by atoms with van der Waals surface area (Å²) in [7, 11) is 0. The number of aryl methyl sites for hydroxylation is 1. The lowest BCUT2D eigenvalue weighted by Gasteiger charge is -2.18. The van der Waals surface area contributed by atoms with Gasteiger partial charge >= 0.3 is 0 Å². The zero-order valence-corrected chi connectivity index (χ0v) is 9.52. The van der Waals surface area contributed by atoms with Gasteiger partial charge in [0.2, 0.25) is 0 Å². The third kappa shape index (κ3) is 2.62. The fourth-order valence-corrected chi connectivity index (χ4v) is 1.65. The molecule has 0 aliphatic heterocycles. The lowest BCUT2D eigenvalue weighted by atomic mass is 9.95. The van der Waals surface area contributed by atoms with E-state index in [0.717, 1.165) is 10.7 Å². The Morgan fingerprint density at radius 2 is 2.36 bits per heavy atom. The number of nitrogens with zero attached hydrogens (tertiary/aromatic N) is 1. The van der Waals surface area contributed by atoms with Crippen molar-refractivity contribution in [3.05, 3.63) is 16.1 Å². The van der Waals surface area contributed by atoms with E-state index in [1.807, 2.05) is 12.3 Å². The van der Waals surface area contributed by atoms with Crippen molar-refractivity contribution in [1.29, 1.82) is 0 Å². The van der Waals surface area contributed by atoms with Crippen molar-refractivity contribution in [2.24, 2.45) is 0 Å². The van der Waals surface area contributed by atoms with Crippen LogP contribution in [0.4, 0.5) is 0 Å². The minimum absolute atomic E-state index is 0.162. The second kappa shape index (κ2) is 4.19. The third-order valence-corrected chi connectivity index (χ3v) is 3.12. The van der Waals surface area contributed by atoms with E-state index in [-0.39, 0.29) is 12.2 Å². The topological polar surface area (TPSA) is 50.2 Å². The zero-order chi connectivity index (χ0) is 10.8. The summed E-state index contributed by atoms with van der Waals surface area (Å²) < 4.78 is 0. The maximum absolute atomic E-state index is 11.6. The molecule has 1 atom stereocenters. The summed E-state index contributed by atoms with van der Waals surface area (Å²) in [4.78, 5) is 15.8. The smallest absolute Gasteiger partial charge is 0.169 e. The van der Waals surface area contributed by atoms with Crippen LogP contribution in [0.3, 0.4) is 0 Å². The van der Waals surface area contributed by atoms with Crippen molar-refractivity contribution in [3.63, 3.8) is 0 Å². The van der Waals surface area contributed by atoms with Gasteiger partial charge in [-0.1, -0.05) is 6.92 Å². The molecule has 1 N–H and O–H groups in total. The van der Waals surface area contributed by atoms with Gasteiger partial charge in [0.15, 0.2) is 5.78 Å². The largest absolute Gasteiger partial charge is 0.382 e. The van der Waals surface area contributed by atoms with Gasteiger partial charge in [-0.05, 0) is 20.3 Å².